The van der Waals surface area contributed by atoms with Gasteiger partial charge in [0, 0.05) is 27.2 Å². The van der Waals surface area contributed by atoms with Crippen molar-refractivity contribution in [3.05, 3.63) is 33.5 Å². The van der Waals surface area contributed by atoms with Gasteiger partial charge in [-0.25, -0.2) is 4.79 Å². The average Bonchev–Trinajstić information content (AvgIpc) is 2.78. The zero-order valence-corrected chi connectivity index (χ0v) is 12.5. The highest BCUT2D eigenvalue weighted by molar-refractivity contribution is 9.10. The van der Waals surface area contributed by atoms with Crippen molar-refractivity contribution in [3.8, 4) is 0 Å². The van der Waals surface area contributed by atoms with Gasteiger partial charge < -0.3 is 15.2 Å². The quantitative estimate of drug-likeness (QED) is 0.743. The molecule has 0 aromatic carbocycles. The van der Waals surface area contributed by atoms with Crippen molar-refractivity contribution >= 4 is 39.3 Å². The molecule has 5 nitrogen and oxygen atoms in total. The summed E-state index contributed by atoms with van der Waals surface area (Å²) in [5, 5.41) is 13.3. The third kappa shape index (κ3) is 5.89. The van der Waals surface area contributed by atoms with E-state index in [9.17, 15) is 9.59 Å². The number of halogens is 1. The van der Waals surface area contributed by atoms with Gasteiger partial charge in [0.05, 0.1) is 6.42 Å². The Labute approximate surface area is 123 Å². The Hall–Kier alpha value is -1.34. The number of carbonyl (C=O) groups is 2. The number of amides is 1. The Morgan fingerprint density at radius 2 is 2.37 bits per heavy atom. The van der Waals surface area contributed by atoms with E-state index in [2.05, 4.69) is 27.8 Å². The monoisotopic (exact) mass is 347 g/mol. The number of carbonyl (C=O) groups excluding carboxylic acids is 1. The Balaban J connectivity index is 2.57. The van der Waals surface area contributed by atoms with E-state index in [-0.39, 0.29) is 25.5 Å². The van der Waals surface area contributed by atoms with E-state index in [1.165, 1.54) is 17.4 Å². The van der Waals surface area contributed by atoms with E-state index in [4.69, 9.17) is 9.84 Å². The van der Waals surface area contributed by atoms with Crippen molar-refractivity contribution in [1.29, 1.82) is 0 Å². The molecular formula is C12H14BrNO4S. The van der Waals surface area contributed by atoms with E-state index in [0.29, 0.717) is 0 Å². The van der Waals surface area contributed by atoms with Gasteiger partial charge in [0.25, 0.3) is 0 Å². The smallest absolute Gasteiger partial charge is 0.407 e. The molecular weight excluding hydrogens is 334 g/mol. The van der Waals surface area contributed by atoms with Crippen molar-refractivity contribution in [2.45, 2.75) is 12.3 Å². The molecule has 104 valence electrons. The van der Waals surface area contributed by atoms with Gasteiger partial charge in [-0.2, -0.15) is 0 Å². The fourth-order valence-corrected chi connectivity index (χ4v) is 2.97. The predicted octanol–water partition coefficient (Wildman–Crippen LogP) is 2.98. The van der Waals surface area contributed by atoms with Gasteiger partial charge in [0.2, 0.25) is 0 Å². The lowest BCUT2D eigenvalue weighted by Gasteiger charge is -2.13. The molecule has 0 saturated carbocycles. The summed E-state index contributed by atoms with van der Waals surface area (Å²) in [6.07, 6.45) is 0.838. The second kappa shape index (κ2) is 7.96. The number of nitrogens with one attached hydrogen (secondary N) is 1. The average molecular weight is 348 g/mol. The van der Waals surface area contributed by atoms with E-state index in [1.54, 1.807) is 0 Å². The molecule has 0 fully saturated rings. The van der Waals surface area contributed by atoms with Crippen LogP contribution in [0.2, 0.25) is 0 Å². The van der Waals surface area contributed by atoms with Gasteiger partial charge in [-0.3, -0.25) is 4.79 Å². The molecule has 0 aliphatic heterocycles. The number of ether oxygens (including phenoxy) is 1. The summed E-state index contributed by atoms with van der Waals surface area (Å²) < 4.78 is 5.67. The highest BCUT2D eigenvalue weighted by Gasteiger charge is 2.18. The number of alkyl carbamates (subject to hydrolysis) is 1. The molecule has 7 heteroatoms. The molecule has 1 aromatic rings. The normalized spacial score (nSPS) is 11.6. The fourth-order valence-electron chi connectivity index (χ4n) is 1.42. The Morgan fingerprint density at radius 1 is 1.63 bits per heavy atom. The third-order valence-corrected chi connectivity index (χ3v) is 4.09. The molecule has 1 heterocycles. The predicted molar refractivity (Wildman–Crippen MR) is 76.6 cm³/mol. The van der Waals surface area contributed by atoms with Crippen LogP contribution < -0.4 is 5.32 Å². The minimum atomic E-state index is -0.907. The number of hydrogen-bond donors (Lipinski definition) is 2. The van der Waals surface area contributed by atoms with Crippen LogP contribution in [0.1, 0.15) is 17.2 Å². The van der Waals surface area contributed by atoms with Crippen molar-refractivity contribution < 1.29 is 19.4 Å². The Kier molecular flexibility index (Phi) is 6.58. The van der Waals surface area contributed by atoms with Crippen LogP contribution in [0.5, 0.6) is 0 Å². The molecule has 0 aliphatic carbocycles. The molecule has 1 unspecified atom stereocenters. The van der Waals surface area contributed by atoms with Gasteiger partial charge in [0.15, 0.2) is 0 Å². The van der Waals surface area contributed by atoms with E-state index >= 15 is 0 Å². The van der Waals surface area contributed by atoms with E-state index < -0.39 is 12.1 Å². The number of thiophene rings is 1. The van der Waals surface area contributed by atoms with Gasteiger partial charge in [-0.1, -0.05) is 12.7 Å². The first-order valence-electron chi connectivity index (χ1n) is 5.50. The second-order valence-electron chi connectivity index (χ2n) is 3.73. The SMILES string of the molecule is C=CCOC(=O)NCC(CC(=O)O)c1cc(Br)cs1. The minimum absolute atomic E-state index is 0.0469. The lowest BCUT2D eigenvalue weighted by molar-refractivity contribution is -0.137. The highest BCUT2D eigenvalue weighted by atomic mass is 79.9. The van der Waals surface area contributed by atoms with Gasteiger partial charge in [0.1, 0.15) is 6.61 Å². The molecule has 1 rings (SSSR count). The van der Waals surface area contributed by atoms with Crippen molar-refractivity contribution in [2.75, 3.05) is 13.2 Å². The number of hydrogen-bond acceptors (Lipinski definition) is 4. The number of carboxylic acid groups (broad SMARTS) is 1. The largest absolute Gasteiger partial charge is 0.481 e. The second-order valence-corrected chi connectivity index (χ2v) is 5.59. The summed E-state index contributed by atoms with van der Waals surface area (Å²) in [5.41, 5.74) is 0. The summed E-state index contributed by atoms with van der Waals surface area (Å²) in [5.74, 6) is -1.18. The van der Waals surface area contributed by atoms with Crippen LogP contribution in [0, 0.1) is 0 Å². The molecule has 19 heavy (non-hydrogen) atoms. The van der Waals surface area contributed by atoms with Crippen molar-refractivity contribution in [1.82, 2.24) is 5.32 Å². The molecule has 0 bridgehead atoms. The molecule has 0 saturated heterocycles. The maximum atomic E-state index is 11.3. The van der Waals surface area contributed by atoms with Crippen LogP contribution in [0.4, 0.5) is 4.79 Å². The third-order valence-electron chi connectivity index (χ3n) is 2.24. The molecule has 0 radical (unpaired) electrons. The standard InChI is InChI=1S/C12H14BrNO4S/c1-2-3-18-12(17)14-6-8(4-11(15)16)10-5-9(13)7-19-10/h2,5,7-8H,1,3-4,6H2,(H,14,17)(H,15,16). The first-order valence-corrected chi connectivity index (χ1v) is 7.17. The topological polar surface area (TPSA) is 75.6 Å². The van der Waals surface area contributed by atoms with Crippen molar-refractivity contribution in [2.24, 2.45) is 0 Å². The van der Waals surface area contributed by atoms with Crippen molar-refractivity contribution in [3.63, 3.8) is 0 Å². The van der Waals surface area contributed by atoms with Crippen LogP contribution in [0.15, 0.2) is 28.6 Å². The summed E-state index contributed by atoms with van der Waals surface area (Å²) in [4.78, 5) is 23.0. The zero-order chi connectivity index (χ0) is 14.3. The van der Waals surface area contributed by atoms with Gasteiger partial charge in [-0.05, 0) is 22.0 Å². The molecule has 2 N–H and O–H groups in total. The number of rotatable bonds is 7. The molecule has 1 aromatic heterocycles. The molecule has 1 atom stereocenters. The summed E-state index contributed by atoms with van der Waals surface area (Å²) in [7, 11) is 0. The molecule has 0 spiro atoms. The summed E-state index contributed by atoms with van der Waals surface area (Å²) >= 11 is 4.77. The summed E-state index contributed by atoms with van der Waals surface area (Å²) in [6, 6.07) is 1.86. The van der Waals surface area contributed by atoms with Gasteiger partial charge >= 0.3 is 12.1 Å². The maximum Gasteiger partial charge on any atom is 0.407 e. The molecule has 1 amide bonds. The van der Waals surface area contributed by atoms with Crippen LogP contribution in [-0.2, 0) is 9.53 Å². The molecule has 0 aliphatic rings. The van der Waals surface area contributed by atoms with Gasteiger partial charge in [-0.15, -0.1) is 11.3 Å². The lowest BCUT2D eigenvalue weighted by atomic mass is 10.0. The van der Waals surface area contributed by atoms with E-state index in [1.807, 2.05) is 11.4 Å². The fraction of sp³-hybridized carbons (Fsp3) is 0.333. The first kappa shape index (κ1) is 15.7. The lowest BCUT2D eigenvalue weighted by Crippen LogP contribution is -2.29. The van der Waals surface area contributed by atoms with E-state index in [0.717, 1.165) is 9.35 Å². The van der Waals surface area contributed by atoms with Crippen LogP contribution in [0.25, 0.3) is 0 Å². The summed E-state index contributed by atoms with van der Waals surface area (Å²) in [6.45, 7) is 3.77. The zero-order valence-electron chi connectivity index (χ0n) is 10.1. The highest BCUT2D eigenvalue weighted by Crippen LogP contribution is 2.28. The maximum absolute atomic E-state index is 11.3. The van der Waals surface area contributed by atoms with Crippen LogP contribution >= 0.6 is 27.3 Å². The minimum Gasteiger partial charge on any atom is -0.481 e. The number of aliphatic carboxylic acids is 1. The Bertz CT molecular complexity index is 460. The number of carboxylic acids is 1. The van der Waals surface area contributed by atoms with Crippen LogP contribution in [-0.4, -0.2) is 30.3 Å². The Morgan fingerprint density at radius 3 is 2.89 bits per heavy atom. The van der Waals surface area contributed by atoms with Crippen LogP contribution in [0.3, 0.4) is 0 Å². The first-order chi connectivity index (χ1) is 9.02.